The van der Waals surface area contributed by atoms with Crippen molar-refractivity contribution in [3.63, 3.8) is 0 Å². The van der Waals surface area contributed by atoms with E-state index in [2.05, 4.69) is 53.6 Å². The van der Waals surface area contributed by atoms with Gasteiger partial charge in [0.2, 0.25) is 0 Å². The van der Waals surface area contributed by atoms with Crippen molar-refractivity contribution in [1.82, 2.24) is 5.32 Å². The second-order valence-corrected chi connectivity index (χ2v) is 7.77. The molecule has 3 heteroatoms. The van der Waals surface area contributed by atoms with E-state index in [1.54, 1.807) is 4.88 Å². The summed E-state index contributed by atoms with van der Waals surface area (Å²) in [6.07, 6.45) is 4.03. The highest BCUT2D eigenvalue weighted by Crippen LogP contribution is 2.49. The molecule has 1 fully saturated rings. The first kappa shape index (κ1) is 13.6. The number of halogens is 1. The van der Waals surface area contributed by atoms with Crippen molar-refractivity contribution in [3.05, 3.63) is 20.8 Å². The summed E-state index contributed by atoms with van der Waals surface area (Å²) in [5.41, 5.74) is 0.498. The van der Waals surface area contributed by atoms with Crippen molar-refractivity contribution in [2.75, 3.05) is 13.6 Å². The number of hydrogen-bond acceptors (Lipinski definition) is 2. The van der Waals surface area contributed by atoms with Crippen LogP contribution in [-0.2, 0) is 0 Å². The maximum Gasteiger partial charge on any atom is 0.0317 e. The zero-order valence-electron chi connectivity index (χ0n) is 10.9. The quantitative estimate of drug-likeness (QED) is 0.856. The van der Waals surface area contributed by atoms with Gasteiger partial charge in [-0.15, -0.1) is 11.3 Å². The predicted octanol–water partition coefficient (Wildman–Crippen LogP) is 4.64. The highest BCUT2D eigenvalue weighted by molar-refractivity contribution is 9.10. The molecule has 1 aliphatic carbocycles. The Bertz CT molecular complexity index is 372. The summed E-state index contributed by atoms with van der Waals surface area (Å²) in [6, 6.07) is 2.19. The maximum absolute atomic E-state index is 3.71. The lowest BCUT2D eigenvalue weighted by molar-refractivity contribution is 0.162. The standard InChI is InChI=1S/C14H22BrNS/c1-14(2)6-4-10(9-16-3)11(8-14)13-12(15)5-7-17-13/h5,7,10-11,16H,4,6,8-9H2,1-3H3. The van der Waals surface area contributed by atoms with E-state index < -0.39 is 0 Å². The Morgan fingerprint density at radius 3 is 2.88 bits per heavy atom. The van der Waals surface area contributed by atoms with Gasteiger partial charge in [0.1, 0.15) is 0 Å². The molecule has 2 atom stereocenters. The Balaban J connectivity index is 2.22. The van der Waals surface area contributed by atoms with Crippen LogP contribution in [0, 0.1) is 11.3 Å². The molecule has 1 N–H and O–H groups in total. The third-order valence-corrected chi connectivity index (χ3v) is 5.98. The average Bonchev–Trinajstić information content (AvgIpc) is 2.67. The first-order chi connectivity index (χ1) is 8.03. The van der Waals surface area contributed by atoms with Crippen molar-refractivity contribution < 1.29 is 0 Å². The van der Waals surface area contributed by atoms with Gasteiger partial charge in [0.05, 0.1) is 0 Å². The summed E-state index contributed by atoms with van der Waals surface area (Å²) in [5, 5.41) is 5.57. The SMILES string of the molecule is CNCC1CCC(C)(C)CC1c1sccc1Br. The molecule has 96 valence electrons. The van der Waals surface area contributed by atoms with Crippen LogP contribution in [0.25, 0.3) is 0 Å². The third kappa shape index (κ3) is 3.12. The molecular formula is C14H22BrNS. The number of nitrogens with one attached hydrogen (secondary N) is 1. The minimum atomic E-state index is 0.498. The fourth-order valence-corrected chi connectivity index (χ4v) is 4.89. The molecule has 1 saturated carbocycles. The lowest BCUT2D eigenvalue weighted by atomic mass is 9.66. The lowest BCUT2D eigenvalue weighted by Gasteiger charge is -2.40. The molecule has 1 aromatic heterocycles. The molecule has 0 bridgehead atoms. The molecule has 1 heterocycles. The number of hydrogen-bond donors (Lipinski definition) is 1. The van der Waals surface area contributed by atoms with Crippen LogP contribution in [-0.4, -0.2) is 13.6 Å². The Hall–Kier alpha value is 0.140. The Morgan fingerprint density at radius 2 is 2.29 bits per heavy atom. The molecule has 0 aromatic carbocycles. The molecule has 0 amide bonds. The predicted molar refractivity (Wildman–Crippen MR) is 79.8 cm³/mol. The monoisotopic (exact) mass is 315 g/mol. The molecule has 1 aliphatic rings. The fraction of sp³-hybridized carbons (Fsp3) is 0.714. The van der Waals surface area contributed by atoms with Gasteiger partial charge in [-0.1, -0.05) is 13.8 Å². The molecule has 1 nitrogen and oxygen atoms in total. The second kappa shape index (κ2) is 5.41. The van der Waals surface area contributed by atoms with Gasteiger partial charge in [-0.3, -0.25) is 0 Å². The Kier molecular flexibility index (Phi) is 4.32. The largest absolute Gasteiger partial charge is 0.319 e. The van der Waals surface area contributed by atoms with Gasteiger partial charge in [0.25, 0.3) is 0 Å². The average molecular weight is 316 g/mol. The van der Waals surface area contributed by atoms with Gasteiger partial charge in [-0.25, -0.2) is 0 Å². The first-order valence-corrected chi connectivity index (χ1v) is 8.08. The van der Waals surface area contributed by atoms with E-state index in [4.69, 9.17) is 0 Å². The summed E-state index contributed by atoms with van der Waals surface area (Å²) < 4.78 is 1.31. The van der Waals surface area contributed by atoms with Crippen molar-refractivity contribution in [1.29, 1.82) is 0 Å². The van der Waals surface area contributed by atoms with Crippen molar-refractivity contribution in [3.8, 4) is 0 Å². The van der Waals surface area contributed by atoms with Gasteiger partial charge in [-0.2, -0.15) is 0 Å². The Morgan fingerprint density at radius 1 is 1.53 bits per heavy atom. The van der Waals surface area contributed by atoms with E-state index in [0.717, 1.165) is 18.4 Å². The fourth-order valence-electron chi connectivity index (χ4n) is 3.02. The minimum Gasteiger partial charge on any atom is -0.319 e. The van der Waals surface area contributed by atoms with Crippen LogP contribution in [0.1, 0.15) is 43.9 Å². The molecule has 0 aliphatic heterocycles. The molecule has 0 saturated heterocycles. The molecule has 2 rings (SSSR count). The van der Waals surface area contributed by atoms with E-state index >= 15 is 0 Å². The number of thiophene rings is 1. The highest BCUT2D eigenvalue weighted by atomic mass is 79.9. The summed E-state index contributed by atoms with van der Waals surface area (Å²) in [6.45, 7) is 5.97. The van der Waals surface area contributed by atoms with Crippen molar-refractivity contribution in [2.45, 2.75) is 39.0 Å². The van der Waals surface area contributed by atoms with Crippen LogP contribution in [0.5, 0.6) is 0 Å². The molecule has 0 spiro atoms. The van der Waals surface area contributed by atoms with Crippen LogP contribution in [0.2, 0.25) is 0 Å². The third-order valence-electron chi connectivity index (χ3n) is 3.98. The van der Waals surface area contributed by atoms with Crippen LogP contribution < -0.4 is 5.32 Å². The molecule has 0 radical (unpaired) electrons. The first-order valence-electron chi connectivity index (χ1n) is 6.41. The van der Waals surface area contributed by atoms with Crippen LogP contribution in [0.3, 0.4) is 0 Å². The molecule has 17 heavy (non-hydrogen) atoms. The van der Waals surface area contributed by atoms with Gasteiger partial charge in [0, 0.05) is 9.35 Å². The normalized spacial score (nSPS) is 28.2. The smallest absolute Gasteiger partial charge is 0.0317 e. The second-order valence-electron chi connectivity index (χ2n) is 5.96. The summed E-state index contributed by atoms with van der Waals surface area (Å²) in [4.78, 5) is 1.55. The van der Waals surface area contributed by atoms with E-state index in [1.165, 1.54) is 23.7 Å². The summed E-state index contributed by atoms with van der Waals surface area (Å²) >= 11 is 5.62. The lowest BCUT2D eigenvalue weighted by Crippen LogP contribution is -2.33. The highest BCUT2D eigenvalue weighted by Gasteiger charge is 2.36. The van der Waals surface area contributed by atoms with E-state index in [9.17, 15) is 0 Å². The summed E-state index contributed by atoms with van der Waals surface area (Å²) in [5.74, 6) is 1.52. The maximum atomic E-state index is 3.71. The Labute approximate surface area is 117 Å². The van der Waals surface area contributed by atoms with Crippen molar-refractivity contribution in [2.24, 2.45) is 11.3 Å². The molecule has 2 unspecified atom stereocenters. The van der Waals surface area contributed by atoms with Crippen LogP contribution in [0.15, 0.2) is 15.9 Å². The van der Waals surface area contributed by atoms with Gasteiger partial charge < -0.3 is 5.32 Å². The zero-order chi connectivity index (χ0) is 12.5. The van der Waals surface area contributed by atoms with E-state index in [-0.39, 0.29) is 0 Å². The zero-order valence-corrected chi connectivity index (χ0v) is 13.3. The van der Waals surface area contributed by atoms with E-state index in [0.29, 0.717) is 5.41 Å². The molecule has 1 aromatic rings. The number of rotatable bonds is 3. The van der Waals surface area contributed by atoms with Gasteiger partial charge in [0.15, 0.2) is 0 Å². The molecular weight excluding hydrogens is 294 g/mol. The van der Waals surface area contributed by atoms with Gasteiger partial charge in [-0.05, 0) is 77.5 Å². The topological polar surface area (TPSA) is 12.0 Å². The van der Waals surface area contributed by atoms with Crippen LogP contribution >= 0.6 is 27.3 Å². The van der Waals surface area contributed by atoms with E-state index in [1.807, 2.05) is 11.3 Å². The minimum absolute atomic E-state index is 0.498. The summed E-state index contributed by atoms with van der Waals surface area (Å²) in [7, 11) is 2.07. The van der Waals surface area contributed by atoms with Crippen LogP contribution in [0.4, 0.5) is 0 Å². The van der Waals surface area contributed by atoms with Crippen molar-refractivity contribution >= 4 is 27.3 Å². The van der Waals surface area contributed by atoms with Gasteiger partial charge >= 0.3 is 0 Å².